The molecule has 0 spiro atoms. The first-order valence-electron chi connectivity index (χ1n) is 5.26. The molecule has 4 nitrogen and oxygen atoms in total. The molecule has 1 aliphatic heterocycles. The van der Waals surface area contributed by atoms with E-state index >= 15 is 0 Å². The summed E-state index contributed by atoms with van der Waals surface area (Å²) in [6, 6.07) is 0. The number of rotatable bonds is 7. The van der Waals surface area contributed by atoms with Crippen molar-refractivity contribution in [3.63, 3.8) is 0 Å². The highest BCUT2D eigenvalue weighted by Crippen LogP contribution is 2.31. The van der Waals surface area contributed by atoms with Gasteiger partial charge in [-0.2, -0.15) is 0 Å². The molecule has 0 aromatic heterocycles. The molecule has 5 heteroatoms. The van der Waals surface area contributed by atoms with Crippen molar-refractivity contribution >= 4 is 18.0 Å². The third-order valence-corrected chi connectivity index (χ3v) is 2.78. The van der Waals surface area contributed by atoms with Gasteiger partial charge in [-0.1, -0.05) is 18.4 Å². The average Bonchev–Trinajstić information content (AvgIpc) is 2.91. The van der Waals surface area contributed by atoms with Crippen molar-refractivity contribution < 1.29 is 14.3 Å². The number of nitrogens with one attached hydrogen (secondary N) is 1. The Morgan fingerprint density at radius 3 is 2.87 bits per heavy atom. The average molecular weight is 233 g/mol. The van der Waals surface area contributed by atoms with Crippen LogP contribution in [-0.2, 0) is 9.47 Å². The maximum atomic E-state index is 10.9. The molecule has 0 aromatic rings. The summed E-state index contributed by atoms with van der Waals surface area (Å²) >= 11 is 1.25. The van der Waals surface area contributed by atoms with Gasteiger partial charge in [0.25, 0.3) is 0 Å². The van der Waals surface area contributed by atoms with Crippen molar-refractivity contribution in [3.8, 4) is 0 Å². The monoisotopic (exact) mass is 233 g/mol. The van der Waals surface area contributed by atoms with E-state index in [1.54, 1.807) is 6.26 Å². The van der Waals surface area contributed by atoms with Crippen LogP contribution in [0, 0.1) is 0 Å². The van der Waals surface area contributed by atoms with Crippen LogP contribution in [0.5, 0.6) is 0 Å². The Bertz CT molecular complexity index is 207. The minimum Gasteiger partial charge on any atom is -0.449 e. The molecule has 0 aliphatic carbocycles. The van der Waals surface area contributed by atoms with Crippen LogP contribution in [0.1, 0.15) is 32.6 Å². The van der Waals surface area contributed by atoms with Crippen LogP contribution in [0.25, 0.3) is 0 Å². The topological polar surface area (TPSA) is 50.9 Å². The predicted molar refractivity (Wildman–Crippen MR) is 60.8 cm³/mol. The molecule has 1 heterocycles. The maximum Gasteiger partial charge on any atom is 0.417 e. The van der Waals surface area contributed by atoms with E-state index in [2.05, 4.69) is 11.6 Å². The van der Waals surface area contributed by atoms with Gasteiger partial charge in [0.2, 0.25) is 0 Å². The smallest absolute Gasteiger partial charge is 0.417 e. The summed E-state index contributed by atoms with van der Waals surface area (Å²) in [7, 11) is 0. The number of amides is 1. The van der Waals surface area contributed by atoms with Crippen LogP contribution >= 0.6 is 11.9 Å². The van der Waals surface area contributed by atoms with Gasteiger partial charge in [-0.25, -0.2) is 4.79 Å². The molecule has 0 aromatic carbocycles. The number of ether oxygens (including phenoxy) is 2. The fourth-order valence-corrected chi connectivity index (χ4v) is 1.55. The van der Waals surface area contributed by atoms with E-state index in [0.29, 0.717) is 6.61 Å². The van der Waals surface area contributed by atoms with E-state index in [9.17, 15) is 4.79 Å². The van der Waals surface area contributed by atoms with Crippen LogP contribution in [0.4, 0.5) is 4.79 Å². The molecule has 88 valence electrons. The number of unbranched alkanes of at least 4 members (excludes halogenated alkanes) is 2. The fraction of sp³-hybridized carbons (Fsp3) is 0.900. The van der Waals surface area contributed by atoms with Gasteiger partial charge in [-0.3, -0.25) is 4.72 Å². The first kappa shape index (κ1) is 12.6. The second-order valence-electron chi connectivity index (χ2n) is 3.99. The van der Waals surface area contributed by atoms with Crippen LogP contribution in [-0.4, -0.2) is 31.2 Å². The Morgan fingerprint density at radius 2 is 2.27 bits per heavy atom. The third-order valence-electron chi connectivity index (χ3n) is 2.41. The van der Waals surface area contributed by atoms with E-state index in [1.807, 2.05) is 0 Å². The van der Waals surface area contributed by atoms with Crippen molar-refractivity contribution in [3.05, 3.63) is 0 Å². The molecule has 0 saturated carbocycles. The molecule has 0 radical (unpaired) electrons. The highest BCUT2D eigenvalue weighted by atomic mass is 32.2. The van der Waals surface area contributed by atoms with E-state index in [-0.39, 0.29) is 11.7 Å². The zero-order valence-electron chi connectivity index (χ0n) is 9.38. The predicted octanol–water partition coefficient (Wildman–Crippen LogP) is 2.34. The van der Waals surface area contributed by atoms with Crippen molar-refractivity contribution in [1.29, 1.82) is 0 Å². The van der Waals surface area contributed by atoms with Gasteiger partial charge in [0.05, 0.1) is 18.8 Å². The lowest BCUT2D eigenvalue weighted by atomic mass is 10.0. The van der Waals surface area contributed by atoms with Gasteiger partial charge in [-0.15, -0.1) is 0 Å². The number of hydrogen-bond donors (Lipinski definition) is 1. The second kappa shape index (κ2) is 6.23. The van der Waals surface area contributed by atoms with Crippen LogP contribution < -0.4 is 4.72 Å². The molecule has 1 unspecified atom stereocenters. The van der Waals surface area contributed by atoms with Crippen molar-refractivity contribution in [2.24, 2.45) is 0 Å². The Balaban J connectivity index is 1.82. The van der Waals surface area contributed by atoms with Gasteiger partial charge in [0, 0.05) is 6.26 Å². The summed E-state index contributed by atoms with van der Waals surface area (Å²) in [6.07, 6.45) is 5.72. The molecule has 15 heavy (non-hydrogen) atoms. The quantitative estimate of drug-likeness (QED) is 0.416. The zero-order chi connectivity index (χ0) is 11.1. The largest absolute Gasteiger partial charge is 0.449 e. The lowest BCUT2D eigenvalue weighted by molar-refractivity contribution is 0.150. The minimum atomic E-state index is -0.347. The number of epoxide rings is 1. The van der Waals surface area contributed by atoms with E-state index in [4.69, 9.17) is 9.47 Å². The molecular weight excluding hydrogens is 214 g/mol. The summed E-state index contributed by atoms with van der Waals surface area (Å²) in [5, 5.41) is 0. The molecule has 0 bridgehead atoms. The summed E-state index contributed by atoms with van der Waals surface area (Å²) < 4.78 is 12.7. The number of carbonyl (C=O) groups excluding carboxylic acids is 1. The fourth-order valence-electron chi connectivity index (χ4n) is 1.32. The van der Waals surface area contributed by atoms with Crippen molar-refractivity contribution in [1.82, 2.24) is 4.72 Å². The number of hydrogen-bond acceptors (Lipinski definition) is 4. The van der Waals surface area contributed by atoms with E-state index < -0.39 is 0 Å². The van der Waals surface area contributed by atoms with Gasteiger partial charge < -0.3 is 9.47 Å². The van der Waals surface area contributed by atoms with Gasteiger partial charge in [0.1, 0.15) is 0 Å². The second-order valence-corrected chi connectivity index (χ2v) is 4.60. The van der Waals surface area contributed by atoms with Crippen molar-refractivity contribution in [2.45, 2.75) is 38.2 Å². The molecule has 1 N–H and O–H groups in total. The molecule has 1 aliphatic rings. The van der Waals surface area contributed by atoms with E-state index in [0.717, 1.165) is 32.3 Å². The van der Waals surface area contributed by atoms with Crippen LogP contribution in [0.15, 0.2) is 0 Å². The van der Waals surface area contributed by atoms with Crippen LogP contribution in [0.3, 0.4) is 0 Å². The third kappa shape index (κ3) is 5.89. The van der Waals surface area contributed by atoms with Gasteiger partial charge in [-0.05, 0) is 26.2 Å². The molecule has 1 saturated heterocycles. The highest BCUT2D eigenvalue weighted by Gasteiger charge is 2.37. The Kier molecular flexibility index (Phi) is 5.25. The molecule has 1 amide bonds. The molecule has 1 fully saturated rings. The Morgan fingerprint density at radius 1 is 1.53 bits per heavy atom. The maximum absolute atomic E-state index is 10.9. The van der Waals surface area contributed by atoms with Gasteiger partial charge in [0.15, 0.2) is 0 Å². The molecular formula is C10H19NO3S. The standard InChI is InChI=1S/C10H19NO3S/c1-10(8-14-10)6-4-3-5-7-13-9(12)11-15-2/h3-8H2,1-2H3,(H,11,12). The molecule has 1 atom stereocenters. The lowest BCUT2D eigenvalue weighted by Crippen LogP contribution is -2.17. The lowest BCUT2D eigenvalue weighted by Gasteiger charge is -2.06. The molecule has 1 rings (SSSR count). The minimum absolute atomic E-state index is 0.164. The number of carbonyl (C=O) groups is 1. The van der Waals surface area contributed by atoms with E-state index in [1.165, 1.54) is 11.9 Å². The van der Waals surface area contributed by atoms with Gasteiger partial charge >= 0.3 is 6.09 Å². The normalized spacial score (nSPS) is 23.6. The Labute approximate surface area is 95.2 Å². The summed E-state index contributed by atoms with van der Waals surface area (Å²) in [4.78, 5) is 10.9. The first-order valence-corrected chi connectivity index (χ1v) is 6.48. The van der Waals surface area contributed by atoms with Crippen LogP contribution in [0.2, 0.25) is 0 Å². The SMILES string of the molecule is CSNC(=O)OCCCCCC1(C)CO1. The first-order chi connectivity index (χ1) is 7.16. The Hall–Kier alpha value is -0.420. The summed E-state index contributed by atoms with van der Waals surface area (Å²) in [5.41, 5.74) is 0.164. The summed E-state index contributed by atoms with van der Waals surface area (Å²) in [6.45, 7) is 3.54. The van der Waals surface area contributed by atoms with Crippen molar-refractivity contribution in [2.75, 3.05) is 19.5 Å². The zero-order valence-corrected chi connectivity index (χ0v) is 10.2. The summed E-state index contributed by atoms with van der Waals surface area (Å²) in [5.74, 6) is 0. The highest BCUT2D eigenvalue weighted by molar-refractivity contribution is 7.97.